The van der Waals surface area contributed by atoms with Crippen molar-refractivity contribution in [1.82, 2.24) is 19.7 Å². The monoisotopic (exact) mass is 462 g/mol. The van der Waals surface area contributed by atoms with E-state index < -0.39 is 0 Å². The third-order valence-corrected chi connectivity index (χ3v) is 6.36. The third-order valence-electron chi connectivity index (χ3n) is 6.36. The van der Waals surface area contributed by atoms with Crippen molar-refractivity contribution >= 4 is 16.7 Å². The summed E-state index contributed by atoms with van der Waals surface area (Å²) in [5, 5.41) is 7.84. The standard InChI is InChI=1S/C26H27FN4O3/c1-30(2)8-9-31-14-22(25(32)18-10-17-11-19(27)5-7-24(17)34-15-18)20-6-4-16(12-23(20)31)21-13-28-29-26(21)33-3/h4-7,11-14,18H,8-10,15H2,1-3H3,(H,28,29)/t18-/m0/s1. The van der Waals surface area contributed by atoms with E-state index in [1.54, 1.807) is 19.4 Å². The maximum atomic E-state index is 13.8. The van der Waals surface area contributed by atoms with Crippen LogP contribution in [0.25, 0.3) is 22.0 Å². The zero-order valence-corrected chi connectivity index (χ0v) is 19.5. The van der Waals surface area contributed by atoms with Crippen molar-refractivity contribution in [1.29, 1.82) is 0 Å². The van der Waals surface area contributed by atoms with Crippen molar-refractivity contribution < 1.29 is 18.7 Å². The van der Waals surface area contributed by atoms with E-state index in [0.717, 1.165) is 40.7 Å². The highest BCUT2D eigenvalue weighted by atomic mass is 19.1. The minimum atomic E-state index is -0.365. The van der Waals surface area contributed by atoms with E-state index in [-0.39, 0.29) is 24.1 Å². The van der Waals surface area contributed by atoms with E-state index in [1.807, 2.05) is 32.4 Å². The summed E-state index contributed by atoms with van der Waals surface area (Å²) in [7, 11) is 5.65. The Balaban J connectivity index is 1.53. The van der Waals surface area contributed by atoms with Crippen LogP contribution in [-0.4, -0.2) is 59.8 Å². The predicted octanol–water partition coefficient (Wildman–Crippen LogP) is 4.17. The number of methoxy groups -OCH3 is 1. The quantitative estimate of drug-likeness (QED) is 0.417. The zero-order chi connectivity index (χ0) is 23.8. The first-order chi connectivity index (χ1) is 16.4. The van der Waals surface area contributed by atoms with Crippen LogP contribution in [-0.2, 0) is 13.0 Å². The molecule has 0 bridgehead atoms. The highest BCUT2D eigenvalue weighted by Gasteiger charge is 2.29. The van der Waals surface area contributed by atoms with Gasteiger partial charge in [0.2, 0.25) is 5.88 Å². The van der Waals surface area contributed by atoms with Gasteiger partial charge in [-0.2, -0.15) is 5.10 Å². The van der Waals surface area contributed by atoms with E-state index in [9.17, 15) is 9.18 Å². The van der Waals surface area contributed by atoms with Gasteiger partial charge in [0, 0.05) is 35.8 Å². The lowest BCUT2D eigenvalue weighted by molar-refractivity contribution is 0.0856. The average molecular weight is 463 g/mol. The number of nitrogens with one attached hydrogen (secondary N) is 1. The van der Waals surface area contributed by atoms with E-state index in [0.29, 0.717) is 23.6 Å². The van der Waals surface area contributed by atoms with Crippen LogP contribution in [0.15, 0.2) is 48.8 Å². The molecule has 1 aliphatic rings. The molecule has 3 heterocycles. The SMILES string of the molecule is COc1[nH]ncc1-c1ccc2c(C(=O)[C@@H]3COc4ccc(F)cc4C3)cn(CCN(C)C)c2c1. The topological polar surface area (TPSA) is 72.4 Å². The lowest BCUT2D eigenvalue weighted by atomic mass is 9.89. The van der Waals surface area contributed by atoms with E-state index in [1.165, 1.54) is 12.1 Å². The molecule has 1 atom stereocenters. The number of aromatic amines is 1. The number of benzene rings is 2. The number of Topliss-reactive ketones (excluding diaryl/α,β-unsaturated/α-hetero) is 1. The van der Waals surface area contributed by atoms with Crippen molar-refractivity contribution in [2.24, 2.45) is 5.92 Å². The summed E-state index contributed by atoms with van der Waals surface area (Å²) in [5.74, 6) is 0.566. The smallest absolute Gasteiger partial charge is 0.216 e. The van der Waals surface area contributed by atoms with Crippen molar-refractivity contribution in [2.45, 2.75) is 13.0 Å². The molecule has 0 radical (unpaired) electrons. The normalized spacial score (nSPS) is 15.4. The van der Waals surface area contributed by atoms with Gasteiger partial charge >= 0.3 is 0 Å². The molecular weight excluding hydrogens is 435 g/mol. The number of hydrogen-bond acceptors (Lipinski definition) is 5. The third kappa shape index (κ3) is 4.05. The maximum absolute atomic E-state index is 13.8. The van der Waals surface area contributed by atoms with Gasteiger partial charge in [0.25, 0.3) is 0 Å². The molecule has 0 saturated carbocycles. The number of carbonyl (C=O) groups is 1. The molecule has 5 rings (SSSR count). The number of halogens is 1. The van der Waals surface area contributed by atoms with E-state index >= 15 is 0 Å². The number of nitrogens with zero attached hydrogens (tertiary/aromatic N) is 3. The van der Waals surface area contributed by atoms with Crippen LogP contribution in [0.4, 0.5) is 4.39 Å². The fourth-order valence-corrected chi connectivity index (χ4v) is 4.54. The Morgan fingerprint density at radius 2 is 2.15 bits per heavy atom. The summed E-state index contributed by atoms with van der Waals surface area (Å²) in [6.45, 7) is 1.85. The molecule has 7 nitrogen and oxygen atoms in total. The predicted molar refractivity (Wildman–Crippen MR) is 128 cm³/mol. The van der Waals surface area contributed by atoms with Crippen LogP contribution in [0, 0.1) is 11.7 Å². The molecule has 34 heavy (non-hydrogen) atoms. The fraction of sp³-hybridized carbons (Fsp3) is 0.308. The van der Waals surface area contributed by atoms with Crippen molar-refractivity contribution in [3.63, 3.8) is 0 Å². The number of carbonyl (C=O) groups excluding carboxylic acids is 1. The molecule has 176 valence electrons. The molecule has 8 heteroatoms. The van der Waals surface area contributed by atoms with Gasteiger partial charge in [-0.15, -0.1) is 0 Å². The van der Waals surface area contributed by atoms with Crippen molar-refractivity contribution in [2.75, 3.05) is 34.4 Å². The van der Waals surface area contributed by atoms with Crippen LogP contribution in [0.3, 0.4) is 0 Å². The molecule has 0 aliphatic carbocycles. The van der Waals surface area contributed by atoms with Crippen molar-refractivity contribution in [3.8, 4) is 22.8 Å². The maximum Gasteiger partial charge on any atom is 0.216 e. The van der Waals surface area contributed by atoms with Gasteiger partial charge in [0.1, 0.15) is 11.6 Å². The first-order valence-corrected chi connectivity index (χ1v) is 11.3. The number of likely N-dealkylation sites (N-methyl/N-ethyl adjacent to an activating group) is 1. The number of hydrogen-bond donors (Lipinski definition) is 1. The molecule has 0 unspecified atom stereocenters. The van der Waals surface area contributed by atoms with Gasteiger partial charge in [0.05, 0.1) is 31.4 Å². The summed E-state index contributed by atoms with van der Waals surface area (Å²) in [6, 6.07) is 10.5. The summed E-state index contributed by atoms with van der Waals surface area (Å²) in [6.07, 6.45) is 4.13. The lowest BCUT2D eigenvalue weighted by Gasteiger charge is -2.24. The minimum Gasteiger partial charge on any atom is -0.493 e. The average Bonchev–Trinajstić information content (AvgIpc) is 3.46. The Kier molecular flexibility index (Phi) is 5.83. The Morgan fingerprint density at radius 3 is 2.94 bits per heavy atom. The first-order valence-electron chi connectivity index (χ1n) is 11.3. The highest BCUT2D eigenvalue weighted by molar-refractivity contribution is 6.10. The van der Waals surface area contributed by atoms with Gasteiger partial charge in [-0.1, -0.05) is 12.1 Å². The zero-order valence-electron chi connectivity index (χ0n) is 19.5. The van der Waals surface area contributed by atoms with Gasteiger partial charge in [0.15, 0.2) is 5.78 Å². The second-order valence-corrected chi connectivity index (χ2v) is 8.92. The second-order valence-electron chi connectivity index (χ2n) is 8.92. The summed E-state index contributed by atoms with van der Waals surface area (Å²) in [4.78, 5) is 15.7. The lowest BCUT2D eigenvalue weighted by Crippen LogP contribution is -2.28. The van der Waals surface area contributed by atoms with Gasteiger partial charge < -0.3 is 18.9 Å². The molecule has 2 aromatic heterocycles. The van der Waals surface area contributed by atoms with Gasteiger partial charge in [-0.3, -0.25) is 4.79 Å². The second kappa shape index (κ2) is 8.95. The van der Waals surface area contributed by atoms with Gasteiger partial charge in [-0.05, 0) is 55.9 Å². The summed E-state index contributed by atoms with van der Waals surface area (Å²) >= 11 is 0. The van der Waals surface area contributed by atoms with Crippen LogP contribution >= 0.6 is 0 Å². The van der Waals surface area contributed by atoms with Gasteiger partial charge in [-0.25, -0.2) is 9.49 Å². The van der Waals surface area contributed by atoms with E-state index in [2.05, 4.69) is 25.7 Å². The fourth-order valence-electron chi connectivity index (χ4n) is 4.54. The molecule has 0 fully saturated rings. The molecule has 4 aromatic rings. The van der Waals surface area contributed by atoms with Crippen LogP contribution in [0.1, 0.15) is 15.9 Å². The van der Waals surface area contributed by atoms with Crippen LogP contribution in [0.2, 0.25) is 0 Å². The number of rotatable bonds is 7. The number of H-pyrrole nitrogens is 1. The minimum absolute atomic E-state index is 0.0113. The Morgan fingerprint density at radius 1 is 1.29 bits per heavy atom. The number of fused-ring (bicyclic) bond motifs is 2. The van der Waals surface area contributed by atoms with E-state index in [4.69, 9.17) is 9.47 Å². The molecular formula is C26H27FN4O3. The molecule has 0 spiro atoms. The van der Waals surface area contributed by atoms with Crippen molar-refractivity contribution in [3.05, 3.63) is 65.7 Å². The molecule has 1 aliphatic heterocycles. The Labute approximate surface area is 197 Å². The Bertz CT molecular complexity index is 1360. The summed E-state index contributed by atoms with van der Waals surface area (Å²) in [5.41, 5.74) is 4.17. The van der Waals surface area contributed by atoms with Crippen LogP contribution in [0.5, 0.6) is 11.6 Å². The molecule has 2 aromatic carbocycles. The highest BCUT2D eigenvalue weighted by Crippen LogP contribution is 2.34. The number of ketones is 1. The largest absolute Gasteiger partial charge is 0.493 e. The molecule has 1 N–H and O–H groups in total. The molecule has 0 saturated heterocycles. The Hall–Kier alpha value is -3.65. The molecule has 0 amide bonds. The van der Waals surface area contributed by atoms with Crippen LogP contribution < -0.4 is 9.47 Å². The first kappa shape index (κ1) is 22.2. The summed E-state index contributed by atoms with van der Waals surface area (Å²) < 4.78 is 27.1. The number of ether oxygens (including phenoxy) is 2. The number of aromatic nitrogens is 3.